The molecule has 2 fully saturated rings. The predicted molar refractivity (Wildman–Crippen MR) is 80.1 cm³/mol. The van der Waals surface area contributed by atoms with E-state index in [4.69, 9.17) is 14.2 Å². The Morgan fingerprint density at radius 1 is 0.905 bits per heavy atom. The molecule has 0 radical (unpaired) electrons. The maximum atomic E-state index is 10.0. The Labute approximate surface area is 126 Å². The van der Waals surface area contributed by atoms with E-state index >= 15 is 0 Å². The standard InChI is InChI=1S/C10H18O3.C7H6O/c1-3-7-11-9(5-1)13-10-6-2-4-8-12-10;8-6-7-4-2-1-3-5-7/h9-10H,1-8H2;1-6H. The Morgan fingerprint density at radius 3 is 1.86 bits per heavy atom. The van der Waals surface area contributed by atoms with E-state index in [0.29, 0.717) is 0 Å². The van der Waals surface area contributed by atoms with Crippen molar-refractivity contribution in [1.29, 1.82) is 0 Å². The van der Waals surface area contributed by atoms with Crippen LogP contribution in [0.5, 0.6) is 0 Å². The summed E-state index contributed by atoms with van der Waals surface area (Å²) in [6, 6.07) is 9.10. The van der Waals surface area contributed by atoms with Crippen LogP contribution in [0.4, 0.5) is 0 Å². The van der Waals surface area contributed by atoms with Crippen LogP contribution in [0.3, 0.4) is 0 Å². The maximum absolute atomic E-state index is 10.0. The third kappa shape index (κ3) is 6.38. The van der Waals surface area contributed by atoms with Gasteiger partial charge in [0, 0.05) is 18.8 Å². The maximum Gasteiger partial charge on any atom is 0.160 e. The summed E-state index contributed by atoms with van der Waals surface area (Å²) < 4.78 is 16.6. The van der Waals surface area contributed by atoms with Gasteiger partial charge in [-0.15, -0.1) is 0 Å². The Kier molecular flexibility index (Phi) is 7.43. The number of rotatable bonds is 3. The zero-order valence-electron chi connectivity index (χ0n) is 12.4. The Balaban J connectivity index is 0.000000173. The number of ether oxygens (including phenoxy) is 3. The molecule has 4 nitrogen and oxygen atoms in total. The lowest BCUT2D eigenvalue weighted by molar-refractivity contribution is -0.264. The molecule has 1 aromatic rings. The van der Waals surface area contributed by atoms with E-state index in [-0.39, 0.29) is 12.6 Å². The highest BCUT2D eigenvalue weighted by Crippen LogP contribution is 2.20. The minimum Gasteiger partial charge on any atom is -0.353 e. The number of aldehydes is 1. The van der Waals surface area contributed by atoms with Crippen molar-refractivity contribution in [3.63, 3.8) is 0 Å². The zero-order valence-corrected chi connectivity index (χ0v) is 12.4. The van der Waals surface area contributed by atoms with E-state index in [0.717, 1.165) is 37.9 Å². The first-order chi connectivity index (χ1) is 10.4. The van der Waals surface area contributed by atoms with Crippen molar-refractivity contribution in [3.05, 3.63) is 35.9 Å². The van der Waals surface area contributed by atoms with E-state index in [1.54, 1.807) is 12.1 Å². The molecule has 2 unspecified atom stereocenters. The Morgan fingerprint density at radius 2 is 1.48 bits per heavy atom. The van der Waals surface area contributed by atoms with Crippen LogP contribution in [0.1, 0.15) is 48.9 Å². The molecule has 4 heteroatoms. The number of benzene rings is 1. The third-order valence-corrected chi connectivity index (χ3v) is 3.52. The molecule has 2 heterocycles. The summed E-state index contributed by atoms with van der Waals surface area (Å²) >= 11 is 0. The molecule has 0 aromatic heterocycles. The van der Waals surface area contributed by atoms with Crippen LogP contribution in [0.25, 0.3) is 0 Å². The molecule has 21 heavy (non-hydrogen) atoms. The topological polar surface area (TPSA) is 44.8 Å². The molecule has 3 rings (SSSR count). The Bertz CT molecular complexity index is 365. The molecule has 0 N–H and O–H groups in total. The normalized spacial score (nSPS) is 25.5. The van der Waals surface area contributed by atoms with Crippen molar-refractivity contribution in [3.8, 4) is 0 Å². The number of carbonyl (C=O) groups is 1. The van der Waals surface area contributed by atoms with Gasteiger partial charge in [-0.2, -0.15) is 0 Å². The number of hydrogen-bond donors (Lipinski definition) is 0. The highest BCUT2D eigenvalue weighted by Gasteiger charge is 2.21. The van der Waals surface area contributed by atoms with Crippen LogP contribution in [0, 0.1) is 0 Å². The third-order valence-electron chi connectivity index (χ3n) is 3.52. The monoisotopic (exact) mass is 292 g/mol. The quantitative estimate of drug-likeness (QED) is 0.799. The smallest absolute Gasteiger partial charge is 0.160 e. The highest BCUT2D eigenvalue weighted by atomic mass is 16.8. The van der Waals surface area contributed by atoms with Gasteiger partial charge in [0.15, 0.2) is 12.6 Å². The molecule has 2 saturated heterocycles. The number of hydrogen-bond acceptors (Lipinski definition) is 4. The first kappa shape index (κ1) is 16.1. The van der Waals surface area contributed by atoms with Crippen molar-refractivity contribution >= 4 is 6.29 Å². The molecule has 1 aromatic carbocycles. The molecule has 2 aliphatic rings. The van der Waals surface area contributed by atoms with E-state index in [2.05, 4.69) is 0 Å². The fourth-order valence-electron chi connectivity index (χ4n) is 2.34. The average Bonchev–Trinajstić information content (AvgIpc) is 2.58. The lowest BCUT2D eigenvalue weighted by atomic mass is 10.2. The number of carbonyl (C=O) groups excluding carboxylic acids is 1. The van der Waals surface area contributed by atoms with Gasteiger partial charge in [0.2, 0.25) is 0 Å². The summed E-state index contributed by atoms with van der Waals surface area (Å²) in [5.74, 6) is 0. The molecule has 0 spiro atoms. The molecule has 116 valence electrons. The van der Waals surface area contributed by atoms with Crippen LogP contribution in [-0.2, 0) is 14.2 Å². The van der Waals surface area contributed by atoms with Gasteiger partial charge in [0.05, 0.1) is 0 Å². The van der Waals surface area contributed by atoms with Gasteiger partial charge in [-0.05, 0) is 38.5 Å². The van der Waals surface area contributed by atoms with Crippen LogP contribution < -0.4 is 0 Å². The van der Waals surface area contributed by atoms with E-state index in [1.807, 2.05) is 18.2 Å². The zero-order chi connectivity index (χ0) is 14.8. The first-order valence-electron chi connectivity index (χ1n) is 7.77. The summed E-state index contributed by atoms with van der Waals surface area (Å²) in [6.07, 6.45) is 7.67. The van der Waals surface area contributed by atoms with Gasteiger partial charge in [-0.3, -0.25) is 4.79 Å². The summed E-state index contributed by atoms with van der Waals surface area (Å²) in [6.45, 7) is 1.69. The molecule has 0 amide bonds. The molecular weight excluding hydrogens is 268 g/mol. The fourth-order valence-corrected chi connectivity index (χ4v) is 2.34. The van der Waals surface area contributed by atoms with Crippen molar-refractivity contribution < 1.29 is 19.0 Å². The summed E-state index contributed by atoms with van der Waals surface area (Å²) in [5.41, 5.74) is 0.729. The molecule has 0 saturated carbocycles. The van der Waals surface area contributed by atoms with Crippen molar-refractivity contribution in [1.82, 2.24) is 0 Å². The van der Waals surface area contributed by atoms with Crippen LogP contribution in [0.15, 0.2) is 30.3 Å². The first-order valence-corrected chi connectivity index (χ1v) is 7.77. The van der Waals surface area contributed by atoms with Crippen molar-refractivity contribution in [2.75, 3.05) is 13.2 Å². The second kappa shape index (κ2) is 9.66. The summed E-state index contributed by atoms with van der Waals surface area (Å²) in [7, 11) is 0. The Hall–Kier alpha value is -1.23. The average molecular weight is 292 g/mol. The SMILES string of the molecule is C1CCC(OC2CCCCO2)OC1.O=Cc1ccccc1. The highest BCUT2D eigenvalue weighted by molar-refractivity contribution is 5.74. The van der Waals surface area contributed by atoms with Gasteiger partial charge in [0.25, 0.3) is 0 Å². The lowest BCUT2D eigenvalue weighted by Gasteiger charge is -2.29. The van der Waals surface area contributed by atoms with Crippen LogP contribution in [0.2, 0.25) is 0 Å². The van der Waals surface area contributed by atoms with E-state index in [9.17, 15) is 4.79 Å². The minimum atomic E-state index is -0.00292. The van der Waals surface area contributed by atoms with Crippen molar-refractivity contribution in [2.45, 2.75) is 51.1 Å². The van der Waals surface area contributed by atoms with Crippen LogP contribution >= 0.6 is 0 Å². The molecule has 0 aliphatic carbocycles. The summed E-state index contributed by atoms with van der Waals surface area (Å²) in [4.78, 5) is 10.0. The minimum absolute atomic E-state index is 0.00292. The molecule has 2 aliphatic heterocycles. The second-order valence-electron chi connectivity index (χ2n) is 5.26. The fraction of sp³-hybridized carbons (Fsp3) is 0.588. The molecule has 0 bridgehead atoms. The molecular formula is C17H24O4. The van der Waals surface area contributed by atoms with E-state index in [1.165, 1.54) is 25.7 Å². The van der Waals surface area contributed by atoms with Crippen LogP contribution in [-0.4, -0.2) is 32.1 Å². The van der Waals surface area contributed by atoms with Crippen molar-refractivity contribution in [2.24, 2.45) is 0 Å². The largest absolute Gasteiger partial charge is 0.353 e. The van der Waals surface area contributed by atoms with Gasteiger partial charge in [-0.25, -0.2) is 0 Å². The second-order valence-corrected chi connectivity index (χ2v) is 5.26. The summed E-state index contributed by atoms with van der Waals surface area (Å²) in [5, 5.41) is 0. The van der Waals surface area contributed by atoms with Gasteiger partial charge < -0.3 is 14.2 Å². The molecule has 2 atom stereocenters. The van der Waals surface area contributed by atoms with Gasteiger partial charge in [0.1, 0.15) is 6.29 Å². The van der Waals surface area contributed by atoms with E-state index < -0.39 is 0 Å². The van der Waals surface area contributed by atoms with Gasteiger partial charge in [-0.1, -0.05) is 30.3 Å². The van der Waals surface area contributed by atoms with Gasteiger partial charge >= 0.3 is 0 Å². The predicted octanol–water partition coefficient (Wildman–Crippen LogP) is 3.56. The lowest BCUT2D eigenvalue weighted by Crippen LogP contribution is -2.31.